The average molecular weight is 344 g/mol. The van der Waals surface area contributed by atoms with E-state index in [0.717, 1.165) is 22.6 Å². The summed E-state index contributed by atoms with van der Waals surface area (Å²) in [7, 11) is 0. The third kappa shape index (κ3) is 3.94. The molecule has 1 atom stereocenters. The smallest absolute Gasteiger partial charge is 0.251 e. The fraction of sp³-hybridized carbons (Fsp3) is 0.222. The van der Waals surface area contributed by atoms with Gasteiger partial charge in [-0.2, -0.15) is 0 Å². The third-order valence-corrected chi connectivity index (χ3v) is 4.91. The van der Waals surface area contributed by atoms with E-state index in [9.17, 15) is 14.0 Å². The van der Waals surface area contributed by atoms with Gasteiger partial charge < -0.3 is 10.6 Å². The Labute approximate surface area is 143 Å². The number of hydrogen-bond donors (Lipinski definition) is 2. The molecule has 2 aromatic rings. The van der Waals surface area contributed by atoms with Crippen LogP contribution in [0.5, 0.6) is 0 Å². The fourth-order valence-electron chi connectivity index (χ4n) is 2.61. The Balaban J connectivity index is 1.58. The maximum atomic E-state index is 13.5. The summed E-state index contributed by atoms with van der Waals surface area (Å²) in [4.78, 5) is 25.0. The minimum atomic E-state index is -0.312. The Hall–Kier alpha value is -2.34. The second kappa shape index (κ2) is 7.49. The molecule has 0 aromatic heterocycles. The van der Waals surface area contributed by atoms with Crippen LogP contribution in [0.25, 0.3) is 0 Å². The van der Waals surface area contributed by atoms with E-state index >= 15 is 0 Å². The van der Waals surface area contributed by atoms with Crippen molar-refractivity contribution in [3.8, 4) is 0 Å². The van der Waals surface area contributed by atoms with E-state index in [4.69, 9.17) is 0 Å². The Bertz CT molecular complexity index is 752. The third-order valence-electron chi connectivity index (χ3n) is 3.79. The molecule has 3 rings (SSSR count). The van der Waals surface area contributed by atoms with Crippen LogP contribution >= 0.6 is 11.8 Å². The van der Waals surface area contributed by atoms with Crippen molar-refractivity contribution in [3.05, 3.63) is 65.5 Å². The highest BCUT2D eigenvalue weighted by Crippen LogP contribution is 2.36. The Kier molecular flexibility index (Phi) is 5.15. The van der Waals surface area contributed by atoms with Crippen molar-refractivity contribution in [2.45, 2.75) is 17.4 Å². The molecule has 1 unspecified atom stereocenters. The minimum Gasteiger partial charge on any atom is -0.348 e. The van der Waals surface area contributed by atoms with Crippen LogP contribution in [0.3, 0.4) is 0 Å². The van der Waals surface area contributed by atoms with Gasteiger partial charge in [-0.3, -0.25) is 9.59 Å². The van der Waals surface area contributed by atoms with Gasteiger partial charge in [-0.05, 0) is 42.3 Å². The van der Waals surface area contributed by atoms with Crippen molar-refractivity contribution >= 4 is 23.6 Å². The van der Waals surface area contributed by atoms with Crippen molar-refractivity contribution in [3.63, 3.8) is 0 Å². The molecule has 0 saturated heterocycles. The molecule has 1 heterocycles. The van der Waals surface area contributed by atoms with E-state index in [-0.39, 0.29) is 30.2 Å². The highest BCUT2D eigenvalue weighted by atomic mass is 32.2. The Morgan fingerprint density at radius 1 is 1.17 bits per heavy atom. The van der Waals surface area contributed by atoms with Crippen LogP contribution in [-0.4, -0.2) is 24.1 Å². The molecule has 0 spiro atoms. The molecule has 0 bridgehead atoms. The van der Waals surface area contributed by atoms with Crippen molar-refractivity contribution in [2.75, 3.05) is 12.3 Å². The van der Waals surface area contributed by atoms with Gasteiger partial charge in [-0.25, -0.2) is 4.39 Å². The quantitative estimate of drug-likeness (QED) is 0.897. The maximum Gasteiger partial charge on any atom is 0.251 e. The monoisotopic (exact) mass is 344 g/mol. The number of hydrogen-bond acceptors (Lipinski definition) is 3. The van der Waals surface area contributed by atoms with Crippen molar-refractivity contribution in [2.24, 2.45) is 0 Å². The summed E-state index contributed by atoms with van der Waals surface area (Å²) in [6.07, 6.45) is 0.736. The molecular weight excluding hydrogens is 327 g/mol. The molecule has 4 nitrogen and oxygen atoms in total. The van der Waals surface area contributed by atoms with Gasteiger partial charge in [0.05, 0.1) is 12.6 Å². The zero-order chi connectivity index (χ0) is 16.9. The standard InChI is InChI=1S/C18H17FN2O2S/c19-13-6-7-16-14(10-13)15(8-9-24-16)21-17(22)11-20-18(23)12-4-2-1-3-5-12/h1-7,10,15H,8-9,11H2,(H,20,23)(H,21,22). The summed E-state index contributed by atoms with van der Waals surface area (Å²) in [5.74, 6) is -0.0318. The van der Waals surface area contributed by atoms with Gasteiger partial charge in [-0.1, -0.05) is 18.2 Å². The number of halogens is 1. The number of benzene rings is 2. The van der Waals surface area contributed by atoms with Crippen molar-refractivity contribution < 1.29 is 14.0 Å². The molecule has 1 aliphatic rings. The van der Waals surface area contributed by atoms with E-state index in [2.05, 4.69) is 10.6 Å². The SMILES string of the molecule is O=C(CNC(=O)c1ccccc1)NC1CCSc2ccc(F)cc21. The number of amides is 2. The lowest BCUT2D eigenvalue weighted by atomic mass is 10.0. The zero-order valence-electron chi connectivity index (χ0n) is 12.9. The lowest BCUT2D eigenvalue weighted by Gasteiger charge is -2.26. The molecule has 124 valence electrons. The molecule has 0 saturated carbocycles. The lowest BCUT2D eigenvalue weighted by Crippen LogP contribution is -2.39. The molecule has 1 aliphatic heterocycles. The van der Waals surface area contributed by atoms with Gasteiger partial charge in [-0.15, -0.1) is 11.8 Å². The van der Waals surface area contributed by atoms with E-state index in [1.807, 2.05) is 6.07 Å². The number of carbonyl (C=O) groups excluding carboxylic acids is 2. The zero-order valence-corrected chi connectivity index (χ0v) is 13.7. The van der Waals surface area contributed by atoms with Crippen LogP contribution in [0.2, 0.25) is 0 Å². The van der Waals surface area contributed by atoms with Crippen LogP contribution < -0.4 is 10.6 Å². The van der Waals surface area contributed by atoms with Gasteiger partial charge >= 0.3 is 0 Å². The molecule has 0 aliphatic carbocycles. The lowest BCUT2D eigenvalue weighted by molar-refractivity contribution is -0.120. The molecule has 0 fully saturated rings. The second-order valence-corrected chi connectivity index (χ2v) is 6.62. The normalized spacial score (nSPS) is 16.1. The van der Waals surface area contributed by atoms with Gasteiger partial charge in [0.25, 0.3) is 5.91 Å². The molecule has 2 aromatic carbocycles. The van der Waals surface area contributed by atoms with E-state index in [1.54, 1.807) is 42.1 Å². The number of thioether (sulfide) groups is 1. The summed E-state index contributed by atoms with van der Waals surface area (Å²) in [5.41, 5.74) is 1.31. The first-order valence-corrected chi connectivity index (χ1v) is 8.67. The van der Waals surface area contributed by atoms with Crippen LogP contribution in [0.15, 0.2) is 53.4 Å². The topological polar surface area (TPSA) is 58.2 Å². The van der Waals surface area contributed by atoms with E-state index < -0.39 is 0 Å². The number of fused-ring (bicyclic) bond motifs is 1. The van der Waals surface area contributed by atoms with Crippen LogP contribution in [0.4, 0.5) is 4.39 Å². The van der Waals surface area contributed by atoms with Crippen molar-refractivity contribution in [1.82, 2.24) is 10.6 Å². The van der Waals surface area contributed by atoms with Crippen LogP contribution in [0, 0.1) is 5.82 Å². The van der Waals surface area contributed by atoms with E-state index in [0.29, 0.717) is 5.56 Å². The summed E-state index contributed by atoms with van der Waals surface area (Å²) in [6, 6.07) is 13.1. The molecular formula is C18H17FN2O2S. The number of carbonyl (C=O) groups is 2. The minimum absolute atomic E-state index is 0.109. The highest BCUT2D eigenvalue weighted by Gasteiger charge is 2.23. The van der Waals surface area contributed by atoms with Crippen LogP contribution in [-0.2, 0) is 4.79 Å². The highest BCUT2D eigenvalue weighted by molar-refractivity contribution is 7.99. The molecule has 2 N–H and O–H groups in total. The predicted octanol–water partition coefficient (Wildman–Crippen LogP) is 2.91. The first-order valence-electron chi connectivity index (χ1n) is 7.68. The fourth-order valence-corrected chi connectivity index (χ4v) is 3.72. The number of nitrogens with one attached hydrogen (secondary N) is 2. The van der Waals surface area contributed by atoms with Gasteiger partial charge in [0.2, 0.25) is 5.91 Å². The van der Waals surface area contributed by atoms with Crippen molar-refractivity contribution in [1.29, 1.82) is 0 Å². The molecule has 0 radical (unpaired) electrons. The molecule has 6 heteroatoms. The Morgan fingerprint density at radius 2 is 1.96 bits per heavy atom. The van der Waals surface area contributed by atoms with Crippen LogP contribution in [0.1, 0.15) is 28.4 Å². The van der Waals surface area contributed by atoms with E-state index in [1.165, 1.54) is 12.1 Å². The summed E-state index contributed by atoms with van der Waals surface area (Å²) < 4.78 is 13.5. The number of rotatable bonds is 4. The molecule has 2 amide bonds. The maximum absolute atomic E-state index is 13.5. The Morgan fingerprint density at radius 3 is 2.75 bits per heavy atom. The second-order valence-electron chi connectivity index (χ2n) is 5.49. The predicted molar refractivity (Wildman–Crippen MR) is 91.4 cm³/mol. The first-order chi connectivity index (χ1) is 11.6. The largest absolute Gasteiger partial charge is 0.348 e. The molecule has 24 heavy (non-hydrogen) atoms. The van der Waals surface area contributed by atoms with Gasteiger partial charge in [0, 0.05) is 16.2 Å². The van der Waals surface area contributed by atoms with Gasteiger partial charge in [0.1, 0.15) is 5.82 Å². The first kappa shape index (κ1) is 16.5. The average Bonchev–Trinajstić information content (AvgIpc) is 2.61. The summed E-state index contributed by atoms with van der Waals surface area (Å²) in [5, 5.41) is 5.47. The van der Waals surface area contributed by atoms with Gasteiger partial charge in [0.15, 0.2) is 0 Å². The summed E-state index contributed by atoms with van der Waals surface area (Å²) in [6.45, 7) is -0.109. The summed E-state index contributed by atoms with van der Waals surface area (Å²) >= 11 is 1.66.